The van der Waals surface area contributed by atoms with Crippen LogP contribution in [-0.4, -0.2) is 68.1 Å². The number of aliphatic hydroxyl groups excluding tert-OH is 1. The highest BCUT2D eigenvalue weighted by atomic mass is 16.5. The van der Waals surface area contributed by atoms with Crippen LogP contribution in [0.15, 0.2) is 54.6 Å². The molecule has 3 N–H and O–H groups in total. The van der Waals surface area contributed by atoms with Gasteiger partial charge < -0.3 is 30.1 Å². The Kier molecular flexibility index (Phi) is 13.8. The van der Waals surface area contributed by atoms with Gasteiger partial charge in [0.1, 0.15) is 0 Å². The number of amides is 2. The molecule has 0 unspecified atom stereocenters. The number of likely N-dealkylation sites (tertiary alicyclic amines) is 1. The molecule has 2 aromatic rings. The first kappa shape index (κ1) is 32.9. The summed E-state index contributed by atoms with van der Waals surface area (Å²) in [5.41, 5.74) is 2.83. The summed E-state index contributed by atoms with van der Waals surface area (Å²) in [5.74, 6) is 0.713. The maximum atomic E-state index is 13.7. The predicted molar refractivity (Wildman–Crippen MR) is 168 cm³/mol. The number of nitrogens with one attached hydrogen (secondary N) is 2. The van der Waals surface area contributed by atoms with Gasteiger partial charge in [-0.25, -0.2) is 4.79 Å². The van der Waals surface area contributed by atoms with Crippen molar-refractivity contribution in [1.29, 1.82) is 5.26 Å². The maximum Gasteiger partial charge on any atom is 0.317 e. The monoisotopic (exact) mass is 590 g/mol. The predicted octanol–water partition coefficient (Wildman–Crippen LogP) is 5.56. The van der Waals surface area contributed by atoms with Crippen LogP contribution in [0, 0.1) is 23.2 Å². The molecule has 2 fully saturated rings. The molecule has 0 aromatic heterocycles. The lowest BCUT2D eigenvalue weighted by Crippen LogP contribution is -2.54. The summed E-state index contributed by atoms with van der Waals surface area (Å²) in [6.07, 6.45) is 8.78. The van der Waals surface area contributed by atoms with E-state index >= 15 is 0 Å². The molecule has 0 radical (unpaired) electrons. The number of benzene rings is 2. The van der Waals surface area contributed by atoms with Gasteiger partial charge in [-0.15, -0.1) is 0 Å². The lowest BCUT2D eigenvalue weighted by Gasteiger charge is -2.38. The lowest BCUT2D eigenvalue weighted by molar-refractivity contribution is -0.0171. The number of hydrogen-bond donors (Lipinski definition) is 3. The Balaban J connectivity index is 1.37. The minimum atomic E-state index is -0.703. The van der Waals surface area contributed by atoms with Gasteiger partial charge in [0.05, 0.1) is 29.9 Å². The fourth-order valence-electron chi connectivity index (χ4n) is 6.55. The Bertz CT molecular complexity index is 1120. The number of urea groups is 1. The molecular formula is C35H50N4O4. The zero-order valence-corrected chi connectivity index (χ0v) is 25.8. The van der Waals surface area contributed by atoms with E-state index in [1.165, 1.54) is 19.3 Å². The van der Waals surface area contributed by atoms with Gasteiger partial charge in [-0.2, -0.15) is 5.26 Å². The summed E-state index contributed by atoms with van der Waals surface area (Å²) in [6.45, 7) is 3.57. The van der Waals surface area contributed by atoms with Crippen molar-refractivity contribution in [2.24, 2.45) is 11.8 Å². The van der Waals surface area contributed by atoms with Gasteiger partial charge in [0.15, 0.2) is 0 Å². The Morgan fingerprint density at radius 1 is 1.05 bits per heavy atom. The van der Waals surface area contributed by atoms with E-state index in [4.69, 9.17) is 14.7 Å². The van der Waals surface area contributed by atoms with E-state index in [0.717, 1.165) is 49.7 Å². The quantitative estimate of drug-likeness (QED) is 0.235. The molecule has 4 rings (SSSR count). The Morgan fingerprint density at radius 2 is 1.81 bits per heavy atom. The van der Waals surface area contributed by atoms with Gasteiger partial charge in [0, 0.05) is 52.4 Å². The van der Waals surface area contributed by atoms with Crippen LogP contribution >= 0.6 is 0 Å². The molecule has 1 saturated heterocycles. The first-order chi connectivity index (χ1) is 21.1. The molecule has 0 bridgehead atoms. The molecule has 1 aliphatic carbocycles. The molecule has 4 atom stereocenters. The first-order valence-electron chi connectivity index (χ1n) is 16.2. The molecule has 1 heterocycles. The summed E-state index contributed by atoms with van der Waals surface area (Å²) in [5, 5.41) is 27.0. The van der Waals surface area contributed by atoms with Crippen LogP contribution < -0.4 is 10.6 Å². The second kappa shape index (κ2) is 18.0. The highest BCUT2D eigenvalue weighted by molar-refractivity contribution is 5.74. The summed E-state index contributed by atoms with van der Waals surface area (Å²) >= 11 is 0. The summed E-state index contributed by atoms with van der Waals surface area (Å²) in [4.78, 5) is 15.6. The molecule has 1 saturated carbocycles. The molecule has 2 aromatic carbocycles. The average molecular weight is 591 g/mol. The van der Waals surface area contributed by atoms with Gasteiger partial charge in [-0.1, -0.05) is 74.6 Å². The number of carbonyl (C=O) groups excluding carboxylic acids is 1. The van der Waals surface area contributed by atoms with E-state index in [9.17, 15) is 9.90 Å². The van der Waals surface area contributed by atoms with Gasteiger partial charge in [0.25, 0.3) is 0 Å². The second-order valence-electron chi connectivity index (χ2n) is 12.2. The van der Waals surface area contributed by atoms with E-state index in [1.54, 1.807) is 19.2 Å². The number of rotatable bonds is 15. The fraction of sp³-hybridized carbons (Fsp3) is 0.600. The zero-order valence-electron chi connectivity index (χ0n) is 25.8. The molecule has 0 spiro atoms. The van der Waals surface area contributed by atoms with Crippen LogP contribution in [0.5, 0.6) is 0 Å². The number of aliphatic hydroxyl groups is 1. The van der Waals surface area contributed by atoms with E-state index in [0.29, 0.717) is 50.9 Å². The minimum absolute atomic E-state index is 0.0799. The largest absolute Gasteiger partial charge is 0.390 e. The van der Waals surface area contributed by atoms with Crippen LogP contribution in [0.25, 0.3) is 0 Å². The zero-order chi connectivity index (χ0) is 30.3. The second-order valence-corrected chi connectivity index (χ2v) is 12.2. The molecule has 8 heteroatoms. The van der Waals surface area contributed by atoms with Crippen LogP contribution in [0.2, 0.25) is 0 Å². The number of hydrogen-bond acceptors (Lipinski definition) is 6. The molecule has 43 heavy (non-hydrogen) atoms. The van der Waals surface area contributed by atoms with Crippen molar-refractivity contribution in [1.82, 2.24) is 15.5 Å². The number of nitriles is 1. The molecular weight excluding hydrogens is 540 g/mol. The third-order valence-corrected chi connectivity index (χ3v) is 8.94. The van der Waals surface area contributed by atoms with Gasteiger partial charge in [0.2, 0.25) is 0 Å². The SMILES string of the molecule is COCCCO[C@@H](c1ccccc1)[C@@H]1CCCN(C(=O)N[C@@H](CC2CCCCC2)[C@H](O)CNCc2ccc(C#N)cc2)C1. The van der Waals surface area contributed by atoms with E-state index in [1.807, 2.05) is 35.2 Å². The van der Waals surface area contributed by atoms with E-state index < -0.39 is 6.10 Å². The summed E-state index contributed by atoms with van der Waals surface area (Å²) in [6, 6.07) is 19.5. The van der Waals surface area contributed by atoms with Crippen molar-refractivity contribution in [2.45, 2.75) is 82.6 Å². The smallest absolute Gasteiger partial charge is 0.317 e. The molecule has 2 aliphatic rings. The standard InChI is InChI=1S/C35H50N4O4/c1-42-20-9-21-43-34(30-12-6-3-7-13-30)31-14-8-19-39(26-31)35(41)38-32(22-27-10-4-2-5-11-27)33(40)25-37-24-29-17-15-28(23-36)16-18-29/h3,6-7,12-13,15-18,27,31-34,37,40H,2,4-5,8-11,14,19-22,24-26H2,1H3,(H,38,41)/t31-,32+,33-,34+/m1/s1. The van der Waals surface area contributed by atoms with Gasteiger partial charge >= 0.3 is 6.03 Å². The number of carbonyl (C=O) groups is 1. The molecule has 8 nitrogen and oxygen atoms in total. The Morgan fingerprint density at radius 3 is 2.53 bits per heavy atom. The van der Waals surface area contributed by atoms with Crippen molar-refractivity contribution in [3.8, 4) is 6.07 Å². The molecule has 234 valence electrons. The number of nitrogens with zero attached hydrogens (tertiary/aromatic N) is 2. The maximum absolute atomic E-state index is 13.7. The average Bonchev–Trinajstić information content (AvgIpc) is 3.05. The molecule has 1 aliphatic heterocycles. The highest BCUT2D eigenvalue weighted by Gasteiger charge is 2.33. The summed E-state index contributed by atoms with van der Waals surface area (Å²) in [7, 11) is 1.70. The van der Waals surface area contributed by atoms with Crippen LogP contribution in [0.4, 0.5) is 4.79 Å². The third-order valence-electron chi connectivity index (χ3n) is 8.94. The Labute approximate surface area is 257 Å². The molecule has 2 amide bonds. The fourth-order valence-corrected chi connectivity index (χ4v) is 6.55. The number of piperidine rings is 1. The van der Waals surface area contributed by atoms with Crippen molar-refractivity contribution < 1.29 is 19.4 Å². The third kappa shape index (κ3) is 10.6. The number of methoxy groups -OCH3 is 1. The van der Waals surface area contributed by atoms with Crippen LogP contribution in [0.3, 0.4) is 0 Å². The van der Waals surface area contributed by atoms with Crippen molar-refractivity contribution in [3.05, 3.63) is 71.3 Å². The van der Waals surface area contributed by atoms with Crippen LogP contribution in [-0.2, 0) is 16.0 Å². The van der Waals surface area contributed by atoms with Crippen LogP contribution in [0.1, 0.15) is 80.6 Å². The number of ether oxygens (including phenoxy) is 2. The van der Waals surface area contributed by atoms with E-state index in [2.05, 4.69) is 28.8 Å². The van der Waals surface area contributed by atoms with Crippen molar-refractivity contribution in [3.63, 3.8) is 0 Å². The Hall–Kier alpha value is -2.96. The lowest BCUT2D eigenvalue weighted by atomic mass is 9.83. The van der Waals surface area contributed by atoms with Crippen molar-refractivity contribution >= 4 is 6.03 Å². The van der Waals surface area contributed by atoms with Gasteiger partial charge in [-0.3, -0.25) is 0 Å². The summed E-state index contributed by atoms with van der Waals surface area (Å²) < 4.78 is 11.6. The minimum Gasteiger partial charge on any atom is -0.390 e. The first-order valence-corrected chi connectivity index (χ1v) is 16.2. The highest BCUT2D eigenvalue weighted by Crippen LogP contribution is 2.33. The van der Waals surface area contributed by atoms with E-state index in [-0.39, 0.29) is 24.1 Å². The topological polar surface area (TPSA) is 107 Å². The normalized spacial score (nSPS) is 19.7. The van der Waals surface area contributed by atoms with Gasteiger partial charge in [-0.05, 0) is 54.9 Å². The van der Waals surface area contributed by atoms with Crippen molar-refractivity contribution in [2.75, 3.05) is 40.0 Å².